The molecule has 0 radical (unpaired) electrons. The third kappa shape index (κ3) is 4.37. The van der Waals surface area contributed by atoms with E-state index in [-0.39, 0.29) is 5.91 Å². The molecule has 0 bridgehead atoms. The van der Waals surface area contributed by atoms with Crippen molar-refractivity contribution in [3.05, 3.63) is 59.7 Å². The Kier molecular flexibility index (Phi) is 6.16. The maximum Gasteiger partial charge on any atom is 0.260 e. The van der Waals surface area contributed by atoms with E-state index in [0.717, 1.165) is 43.7 Å². The van der Waals surface area contributed by atoms with Gasteiger partial charge in [0, 0.05) is 25.3 Å². The average molecular weight is 352 g/mol. The predicted octanol–water partition coefficient (Wildman–Crippen LogP) is 3.59. The molecule has 0 fully saturated rings. The van der Waals surface area contributed by atoms with Crippen LogP contribution in [0.25, 0.3) is 0 Å². The number of nitrogens with one attached hydrogen (secondary N) is 1. The van der Waals surface area contributed by atoms with Crippen molar-refractivity contribution in [1.82, 2.24) is 5.32 Å². The number of fused-ring (bicyclic) bond motifs is 1. The summed E-state index contributed by atoms with van der Waals surface area (Å²) in [7, 11) is 0. The number of rotatable bonds is 8. The Hall–Kier alpha value is -2.49. The third-order valence-corrected chi connectivity index (χ3v) is 4.91. The Morgan fingerprint density at radius 1 is 1.19 bits per heavy atom. The van der Waals surface area contributed by atoms with E-state index in [1.165, 1.54) is 11.3 Å². The minimum absolute atomic E-state index is 0.0577. The molecular formula is C22H28N2O2. The van der Waals surface area contributed by atoms with Gasteiger partial charge in [0.25, 0.3) is 5.91 Å². The second-order valence-corrected chi connectivity index (χ2v) is 6.73. The second kappa shape index (κ2) is 8.75. The van der Waals surface area contributed by atoms with Gasteiger partial charge in [0.1, 0.15) is 5.75 Å². The van der Waals surface area contributed by atoms with Gasteiger partial charge in [-0.25, -0.2) is 0 Å². The van der Waals surface area contributed by atoms with Crippen LogP contribution in [0.3, 0.4) is 0 Å². The number of nitrogens with zero attached hydrogens (tertiary/aromatic N) is 1. The fourth-order valence-electron chi connectivity index (χ4n) is 3.42. The molecule has 1 aliphatic heterocycles. The highest BCUT2D eigenvalue weighted by Gasteiger charge is 2.18. The van der Waals surface area contributed by atoms with Crippen LogP contribution in [-0.4, -0.2) is 31.6 Å². The summed E-state index contributed by atoms with van der Waals surface area (Å²) in [6.45, 7) is 6.59. The number of carbonyl (C=O) groups is 1. The van der Waals surface area contributed by atoms with Gasteiger partial charge in [0.2, 0.25) is 0 Å². The summed E-state index contributed by atoms with van der Waals surface area (Å²) in [5.41, 5.74) is 3.89. The van der Waals surface area contributed by atoms with E-state index in [1.807, 2.05) is 24.3 Å². The molecule has 0 saturated carbocycles. The number of hydrogen-bond donors (Lipinski definition) is 1. The average Bonchev–Trinajstić information content (AvgIpc) is 3.08. The number of para-hydroxylation sites is 2. The molecular weight excluding hydrogens is 324 g/mol. The van der Waals surface area contributed by atoms with Crippen LogP contribution in [0.1, 0.15) is 31.4 Å². The SMILES string of the molecule is CCc1ccccc1OC(C)C(=O)NCCCN1CCc2ccccc21. The zero-order chi connectivity index (χ0) is 18.4. The fourth-order valence-corrected chi connectivity index (χ4v) is 3.42. The van der Waals surface area contributed by atoms with Gasteiger partial charge < -0.3 is 15.0 Å². The van der Waals surface area contributed by atoms with Crippen LogP contribution >= 0.6 is 0 Å². The van der Waals surface area contributed by atoms with E-state index >= 15 is 0 Å². The van der Waals surface area contributed by atoms with Gasteiger partial charge in [0.05, 0.1) is 0 Å². The molecule has 2 aromatic rings. The van der Waals surface area contributed by atoms with Gasteiger partial charge >= 0.3 is 0 Å². The zero-order valence-electron chi connectivity index (χ0n) is 15.7. The number of hydrogen-bond acceptors (Lipinski definition) is 3. The van der Waals surface area contributed by atoms with E-state index in [4.69, 9.17) is 4.74 Å². The number of ether oxygens (including phenoxy) is 1. The smallest absolute Gasteiger partial charge is 0.260 e. The summed E-state index contributed by atoms with van der Waals surface area (Å²) in [5.74, 6) is 0.740. The fraction of sp³-hybridized carbons (Fsp3) is 0.409. The first kappa shape index (κ1) is 18.3. The monoisotopic (exact) mass is 352 g/mol. The van der Waals surface area contributed by atoms with E-state index in [1.54, 1.807) is 6.92 Å². The lowest BCUT2D eigenvalue weighted by Gasteiger charge is -2.20. The predicted molar refractivity (Wildman–Crippen MR) is 106 cm³/mol. The molecule has 3 rings (SSSR count). The van der Waals surface area contributed by atoms with Gasteiger partial charge in [-0.1, -0.05) is 43.3 Å². The third-order valence-electron chi connectivity index (χ3n) is 4.91. The van der Waals surface area contributed by atoms with Crippen molar-refractivity contribution in [3.8, 4) is 5.75 Å². The van der Waals surface area contributed by atoms with Crippen LogP contribution in [0, 0.1) is 0 Å². The van der Waals surface area contributed by atoms with Gasteiger partial charge in [-0.15, -0.1) is 0 Å². The van der Waals surface area contributed by atoms with Gasteiger partial charge in [-0.05, 0) is 49.4 Å². The van der Waals surface area contributed by atoms with E-state index in [9.17, 15) is 4.79 Å². The zero-order valence-corrected chi connectivity index (χ0v) is 15.7. The van der Waals surface area contributed by atoms with Crippen LogP contribution in [0.2, 0.25) is 0 Å². The lowest BCUT2D eigenvalue weighted by molar-refractivity contribution is -0.127. The van der Waals surface area contributed by atoms with Crippen molar-refractivity contribution in [2.45, 2.75) is 39.2 Å². The highest BCUT2D eigenvalue weighted by atomic mass is 16.5. The molecule has 26 heavy (non-hydrogen) atoms. The molecule has 1 amide bonds. The molecule has 2 aromatic carbocycles. The summed E-state index contributed by atoms with van der Waals surface area (Å²) >= 11 is 0. The van der Waals surface area contributed by atoms with Crippen molar-refractivity contribution < 1.29 is 9.53 Å². The summed E-state index contributed by atoms with van der Waals surface area (Å²) in [6, 6.07) is 16.5. The highest BCUT2D eigenvalue weighted by Crippen LogP contribution is 2.27. The molecule has 4 nitrogen and oxygen atoms in total. The summed E-state index contributed by atoms with van der Waals surface area (Å²) < 4.78 is 5.85. The van der Waals surface area contributed by atoms with Crippen molar-refractivity contribution in [1.29, 1.82) is 0 Å². The molecule has 1 atom stereocenters. The summed E-state index contributed by atoms with van der Waals surface area (Å²) in [5, 5.41) is 3.00. The van der Waals surface area contributed by atoms with Gasteiger partial charge in [0.15, 0.2) is 6.10 Å². The van der Waals surface area contributed by atoms with Gasteiger partial charge in [-0.2, -0.15) is 0 Å². The Bertz CT molecular complexity index is 744. The Labute approximate surface area is 156 Å². The molecule has 1 unspecified atom stereocenters. The lowest BCUT2D eigenvalue weighted by atomic mass is 10.1. The van der Waals surface area contributed by atoms with E-state index in [0.29, 0.717) is 6.54 Å². The molecule has 4 heteroatoms. The van der Waals surface area contributed by atoms with Crippen molar-refractivity contribution >= 4 is 11.6 Å². The van der Waals surface area contributed by atoms with Gasteiger partial charge in [-0.3, -0.25) is 4.79 Å². The lowest BCUT2D eigenvalue weighted by Crippen LogP contribution is -2.38. The minimum atomic E-state index is -0.491. The molecule has 0 aliphatic carbocycles. The Morgan fingerprint density at radius 2 is 1.96 bits per heavy atom. The van der Waals surface area contributed by atoms with Crippen LogP contribution in [-0.2, 0) is 17.6 Å². The van der Waals surface area contributed by atoms with E-state index < -0.39 is 6.10 Å². The molecule has 0 aromatic heterocycles. The maximum atomic E-state index is 12.3. The summed E-state index contributed by atoms with van der Waals surface area (Å²) in [6.07, 6.45) is 2.44. The molecule has 1 N–H and O–H groups in total. The quantitative estimate of drug-likeness (QED) is 0.738. The number of aryl methyl sites for hydroxylation is 1. The van der Waals surface area contributed by atoms with Crippen molar-refractivity contribution in [2.24, 2.45) is 0 Å². The molecule has 0 saturated heterocycles. The number of benzene rings is 2. The number of amides is 1. The standard InChI is InChI=1S/C22H28N2O2/c1-3-18-9-5-7-12-21(18)26-17(2)22(25)23-14-8-15-24-16-13-19-10-4-6-11-20(19)24/h4-7,9-12,17H,3,8,13-16H2,1-2H3,(H,23,25). The van der Waals surface area contributed by atoms with Crippen LogP contribution in [0.4, 0.5) is 5.69 Å². The molecule has 1 aliphatic rings. The van der Waals surface area contributed by atoms with Crippen LogP contribution in [0.15, 0.2) is 48.5 Å². The first-order chi connectivity index (χ1) is 12.7. The van der Waals surface area contributed by atoms with Crippen molar-refractivity contribution in [2.75, 3.05) is 24.5 Å². The summed E-state index contributed by atoms with van der Waals surface area (Å²) in [4.78, 5) is 14.7. The van der Waals surface area contributed by atoms with Crippen molar-refractivity contribution in [3.63, 3.8) is 0 Å². The highest BCUT2D eigenvalue weighted by molar-refractivity contribution is 5.80. The number of carbonyl (C=O) groups excluding carboxylic acids is 1. The topological polar surface area (TPSA) is 41.6 Å². The second-order valence-electron chi connectivity index (χ2n) is 6.73. The minimum Gasteiger partial charge on any atom is -0.481 e. The Balaban J connectivity index is 1.41. The molecule has 0 spiro atoms. The van der Waals surface area contributed by atoms with E-state index in [2.05, 4.69) is 41.4 Å². The number of anilines is 1. The first-order valence-corrected chi connectivity index (χ1v) is 9.54. The van der Waals surface area contributed by atoms with Crippen LogP contribution in [0.5, 0.6) is 5.75 Å². The molecule has 138 valence electrons. The Morgan fingerprint density at radius 3 is 2.81 bits per heavy atom. The molecule has 1 heterocycles. The maximum absolute atomic E-state index is 12.3. The normalized spacial score (nSPS) is 14.0. The largest absolute Gasteiger partial charge is 0.481 e. The first-order valence-electron chi connectivity index (χ1n) is 9.54. The van der Waals surface area contributed by atoms with Crippen LogP contribution < -0.4 is 15.0 Å².